The molecule has 2 N–H and O–H groups in total. The number of nitro groups is 1. The highest BCUT2D eigenvalue weighted by Gasteiger charge is 2.10. The second-order valence-corrected chi connectivity index (χ2v) is 5.12. The molecule has 0 bridgehead atoms. The summed E-state index contributed by atoms with van der Waals surface area (Å²) in [7, 11) is 3.09. The first-order valence-electron chi connectivity index (χ1n) is 7.10. The van der Waals surface area contributed by atoms with Gasteiger partial charge in [-0.3, -0.25) is 15.5 Å². The molecule has 130 valence electrons. The Morgan fingerprint density at radius 2 is 1.92 bits per heavy atom. The van der Waals surface area contributed by atoms with E-state index in [0.29, 0.717) is 22.7 Å². The van der Waals surface area contributed by atoms with Crippen LogP contribution in [0.5, 0.6) is 11.5 Å². The minimum atomic E-state index is -0.471. The van der Waals surface area contributed by atoms with Crippen molar-refractivity contribution in [3.8, 4) is 11.5 Å². The molecule has 0 aliphatic rings. The van der Waals surface area contributed by atoms with E-state index >= 15 is 0 Å². The SMILES string of the molecule is COc1ccc(NC(=S)NN=Cc2ccccc2[N+](=O)[O-])cc1OC. The van der Waals surface area contributed by atoms with Crippen molar-refractivity contribution in [1.29, 1.82) is 0 Å². The third-order valence-electron chi connectivity index (χ3n) is 3.14. The largest absolute Gasteiger partial charge is 0.493 e. The summed E-state index contributed by atoms with van der Waals surface area (Å²) in [6, 6.07) is 11.5. The van der Waals surface area contributed by atoms with E-state index in [4.69, 9.17) is 21.7 Å². The molecule has 0 aromatic heterocycles. The number of benzene rings is 2. The third-order valence-corrected chi connectivity index (χ3v) is 3.34. The van der Waals surface area contributed by atoms with Crippen molar-refractivity contribution in [3.05, 3.63) is 58.1 Å². The van der Waals surface area contributed by atoms with Crippen LogP contribution in [0.15, 0.2) is 47.6 Å². The second-order valence-electron chi connectivity index (χ2n) is 4.71. The van der Waals surface area contributed by atoms with Crippen LogP contribution >= 0.6 is 12.2 Å². The standard InChI is InChI=1S/C16H16N4O4S/c1-23-14-8-7-12(9-15(14)24-2)18-16(25)19-17-10-11-5-3-4-6-13(11)20(21)22/h3-10H,1-2H3,(H2,18,19,25). The summed E-state index contributed by atoms with van der Waals surface area (Å²) < 4.78 is 10.4. The van der Waals surface area contributed by atoms with Crippen molar-refractivity contribution in [2.24, 2.45) is 5.10 Å². The van der Waals surface area contributed by atoms with Crippen LogP contribution in [0.25, 0.3) is 0 Å². The minimum absolute atomic E-state index is 0.0354. The van der Waals surface area contributed by atoms with E-state index in [2.05, 4.69) is 15.8 Å². The fourth-order valence-corrected chi connectivity index (χ4v) is 2.17. The summed E-state index contributed by atoms with van der Waals surface area (Å²) >= 11 is 5.13. The number of anilines is 1. The summed E-state index contributed by atoms with van der Waals surface area (Å²) in [6.07, 6.45) is 1.33. The summed E-state index contributed by atoms with van der Waals surface area (Å²) in [5.74, 6) is 1.15. The molecule has 0 unspecified atom stereocenters. The lowest BCUT2D eigenvalue weighted by Crippen LogP contribution is -2.23. The van der Waals surface area contributed by atoms with Gasteiger partial charge in [0.05, 0.1) is 30.9 Å². The monoisotopic (exact) mass is 360 g/mol. The predicted molar refractivity (Wildman–Crippen MR) is 99.6 cm³/mol. The van der Waals surface area contributed by atoms with Gasteiger partial charge in [-0.15, -0.1) is 0 Å². The Labute approximate surface area is 149 Å². The number of rotatable bonds is 6. The first-order valence-corrected chi connectivity index (χ1v) is 7.51. The highest BCUT2D eigenvalue weighted by molar-refractivity contribution is 7.80. The molecule has 2 rings (SSSR count). The number of nitro benzene ring substituents is 1. The third kappa shape index (κ3) is 4.88. The highest BCUT2D eigenvalue weighted by Crippen LogP contribution is 2.29. The van der Waals surface area contributed by atoms with Crippen molar-refractivity contribution >= 4 is 34.9 Å². The second kappa shape index (κ2) is 8.60. The number of methoxy groups -OCH3 is 2. The molecule has 25 heavy (non-hydrogen) atoms. The molecular formula is C16H16N4O4S. The first-order chi connectivity index (χ1) is 12.0. The predicted octanol–water partition coefficient (Wildman–Crippen LogP) is 2.93. The zero-order chi connectivity index (χ0) is 18.2. The first kappa shape index (κ1) is 18.1. The summed E-state index contributed by atoms with van der Waals surface area (Å²) in [4.78, 5) is 10.5. The number of hydrogen-bond acceptors (Lipinski definition) is 6. The number of nitrogens with one attached hydrogen (secondary N) is 2. The van der Waals surface area contributed by atoms with Crippen molar-refractivity contribution in [1.82, 2.24) is 5.43 Å². The number of para-hydroxylation sites is 1. The molecule has 0 atom stereocenters. The maximum atomic E-state index is 10.9. The lowest BCUT2D eigenvalue weighted by Gasteiger charge is -2.11. The molecule has 2 aromatic carbocycles. The molecule has 0 aliphatic heterocycles. The Kier molecular flexibility index (Phi) is 6.24. The Balaban J connectivity index is 2.01. The van der Waals surface area contributed by atoms with Gasteiger partial charge in [-0.25, -0.2) is 0 Å². The van der Waals surface area contributed by atoms with Gasteiger partial charge in [0.1, 0.15) is 0 Å². The van der Waals surface area contributed by atoms with Gasteiger partial charge in [-0.2, -0.15) is 5.10 Å². The molecule has 0 saturated carbocycles. The van der Waals surface area contributed by atoms with Crippen LogP contribution in [0.3, 0.4) is 0 Å². The molecule has 8 nitrogen and oxygen atoms in total. The van der Waals surface area contributed by atoms with Gasteiger partial charge in [0.25, 0.3) is 5.69 Å². The number of hydrogen-bond donors (Lipinski definition) is 2. The minimum Gasteiger partial charge on any atom is -0.493 e. The maximum absolute atomic E-state index is 10.9. The topological polar surface area (TPSA) is 98.0 Å². The fourth-order valence-electron chi connectivity index (χ4n) is 2.00. The Morgan fingerprint density at radius 1 is 1.20 bits per heavy atom. The van der Waals surface area contributed by atoms with E-state index in [1.807, 2.05) is 0 Å². The molecule has 0 saturated heterocycles. The van der Waals surface area contributed by atoms with Crippen molar-refractivity contribution in [2.75, 3.05) is 19.5 Å². The molecule has 0 spiro atoms. The number of nitrogens with zero attached hydrogens (tertiary/aromatic N) is 2. The molecule has 9 heteroatoms. The van der Waals surface area contributed by atoms with Gasteiger partial charge < -0.3 is 14.8 Å². The van der Waals surface area contributed by atoms with Gasteiger partial charge in [0.15, 0.2) is 16.6 Å². The van der Waals surface area contributed by atoms with Gasteiger partial charge in [-0.1, -0.05) is 12.1 Å². The van der Waals surface area contributed by atoms with E-state index in [-0.39, 0.29) is 10.8 Å². The molecular weight excluding hydrogens is 344 g/mol. The zero-order valence-electron chi connectivity index (χ0n) is 13.6. The van der Waals surface area contributed by atoms with Crippen LogP contribution in [-0.4, -0.2) is 30.5 Å². The van der Waals surface area contributed by atoms with Crippen molar-refractivity contribution in [2.45, 2.75) is 0 Å². The highest BCUT2D eigenvalue weighted by atomic mass is 32.1. The smallest absolute Gasteiger partial charge is 0.278 e. The number of hydrazone groups is 1. The van der Waals surface area contributed by atoms with E-state index in [0.717, 1.165) is 0 Å². The quantitative estimate of drug-likeness (QED) is 0.354. The maximum Gasteiger partial charge on any atom is 0.278 e. The Hall–Kier alpha value is -3.20. The average molecular weight is 360 g/mol. The van der Waals surface area contributed by atoms with Crippen LogP contribution in [-0.2, 0) is 0 Å². The number of ether oxygens (including phenoxy) is 2. The lowest BCUT2D eigenvalue weighted by molar-refractivity contribution is -0.385. The van der Waals surface area contributed by atoms with Crippen LogP contribution in [0.1, 0.15) is 5.56 Å². The fraction of sp³-hybridized carbons (Fsp3) is 0.125. The van der Waals surface area contributed by atoms with E-state index in [1.54, 1.807) is 43.5 Å². The Morgan fingerprint density at radius 3 is 2.60 bits per heavy atom. The summed E-state index contributed by atoms with van der Waals surface area (Å²) in [5, 5.41) is 18.0. The lowest BCUT2D eigenvalue weighted by atomic mass is 10.2. The van der Waals surface area contributed by atoms with E-state index in [9.17, 15) is 10.1 Å². The zero-order valence-corrected chi connectivity index (χ0v) is 14.4. The van der Waals surface area contributed by atoms with Crippen molar-refractivity contribution in [3.63, 3.8) is 0 Å². The Bertz CT molecular complexity index is 810. The van der Waals surface area contributed by atoms with E-state index < -0.39 is 4.92 Å². The molecule has 0 aliphatic carbocycles. The normalized spacial score (nSPS) is 10.3. The van der Waals surface area contributed by atoms with Gasteiger partial charge in [-0.05, 0) is 30.4 Å². The van der Waals surface area contributed by atoms with Crippen LogP contribution in [0.4, 0.5) is 11.4 Å². The summed E-state index contributed by atoms with van der Waals surface area (Å²) in [5.41, 5.74) is 3.62. The molecule has 2 aromatic rings. The number of thiocarbonyl (C=S) groups is 1. The molecule has 0 fully saturated rings. The molecule has 0 amide bonds. The molecule has 0 heterocycles. The van der Waals surface area contributed by atoms with Crippen molar-refractivity contribution < 1.29 is 14.4 Å². The van der Waals surface area contributed by atoms with Crippen LogP contribution < -0.4 is 20.2 Å². The van der Waals surface area contributed by atoms with Crippen LogP contribution in [0, 0.1) is 10.1 Å². The van der Waals surface area contributed by atoms with Gasteiger partial charge in [0, 0.05) is 17.8 Å². The van der Waals surface area contributed by atoms with Crippen LogP contribution in [0.2, 0.25) is 0 Å². The van der Waals surface area contributed by atoms with Gasteiger partial charge in [0.2, 0.25) is 0 Å². The summed E-state index contributed by atoms with van der Waals surface area (Å²) in [6.45, 7) is 0. The van der Waals surface area contributed by atoms with Gasteiger partial charge >= 0.3 is 0 Å². The van der Waals surface area contributed by atoms with E-state index in [1.165, 1.54) is 19.4 Å². The average Bonchev–Trinajstić information content (AvgIpc) is 2.61. The molecule has 0 radical (unpaired) electrons.